The molecule has 0 radical (unpaired) electrons. The molecule has 1 aromatic carbocycles. The fourth-order valence-electron chi connectivity index (χ4n) is 2.62. The molecule has 0 spiro atoms. The van der Waals surface area contributed by atoms with Crippen molar-refractivity contribution in [2.45, 2.75) is 58.5 Å². The van der Waals surface area contributed by atoms with Gasteiger partial charge in [-0.15, -0.1) is 0 Å². The van der Waals surface area contributed by atoms with Gasteiger partial charge in [-0.1, -0.05) is 62.4 Å². The molecule has 2 heteroatoms. The molecule has 1 heterocycles. The SMILES string of the molecule is CCCCCCCC1OC(=O)C=C1c1ccc(C)cc1. The summed E-state index contributed by atoms with van der Waals surface area (Å²) >= 11 is 0. The lowest BCUT2D eigenvalue weighted by molar-refractivity contribution is -0.138. The molecule has 1 aliphatic heterocycles. The predicted octanol–water partition coefficient (Wildman–Crippen LogP) is 4.66. The van der Waals surface area contributed by atoms with E-state index in [9.17, 15) is 4.79 Å². The van der Waals surface area contributed by atoms with E-state index < -0.39 is 0 Å². The molecule has 1 aliphatic rings. The molecule has 1 unspecified atom stereocenters. The van der Waals surface area contributed by atoms with Crippen LogP contribution in [0.5, 0.6) is 0 Å². The van der Waals surface area contributed by atoms with Crippen molar-refractivity contribution < 1.29 is 9.53 Å². The first-order valence-corrected chi connectivity index (χ1v) is 7.70. The molecule has 0 saturated heterocycles. The van der Waals surface area contributed by atoms with Crippen LogP contribution in [0, 0.1) is 6.92 Å². The van der Waals surface area contributed by atoms with Gasteiger partial charge in [0, 0.05) is 11.6 Å². The van der Waals surface area contributed by atoms with E-state index in [-0.39, 0.29) is 12.1 Å². The summed E-state index contributed by atoms with van der Waals surface area (Å²) in [5.41, 5.74) is 3.39. The van der Waals surface area contributed by atoms with Crippen molar-refractivity contribution in [2.75, 3.05) is 0 Å². The molecule has 0 bridgehead atoms. The van der Waals surface area contributed by atoms with Crippen LogP contribution in [-0.2, 0) is 9.53 Å². The van der Waals surface area contributed by atoms with Crippen molar-refractivity contribution in [1.29, 1.82) is 0 Å². The van der Waals surface area contributed by atoms with Crippen molar-refractivity contribution in [2.24, 2.45) is 0 Å². The van der Waals surface area contributed by atoms with Crippen molar-refractivity contribution >= 4 is 11.5 Å². The number of ether oxygens (including phenoxy) is 1. The predicted molar refractivity (Wildman–Crippen MR) is 82.4 cm³/mol. The maximum Gasteiger partial charge on any atom is 0.331 e. The molecular formula is C18H24O2. The molecule has 0 amide bonds. The number of hydrogen-bond donors (Lipinski definition) is 0. The third-order valence-electron chi connectivity index (χ3n) is 3.83. The first-order chi connectivity index (χ1) is 9.70. The van der Waals surface area contributed by atoms with Crippen LogP contribution in [0.3, 0.4) is 0 Å². The summed E-state index contributed by atoms with van der Waals surface area (Å²) in [6.45, 7) is 4.29. The molecule has 2 rings (SSSR count). The Hall–Kier alpha value is -1.57. The molecule has 0 N–H and O–H groups in total. The fourth-order valence-corrected chi connectivity index (χ4v) is 2.62. The minimum Gasteiger partial charge on any atom is -0.454 e. The summed E-state index contributed by atoms with van der Waals surface area (Å²) in [7, 11) is 0. The van der Waals surface area contributed by atoms with Crippen LogP contribution >= 0.6 is 0 Å². The molecule has 0 aromatic heterocycles. The van der Waals surface area contributed by atoms with Gasteiger partial charge in [-0.25, -0.2) is 4.79 Å². The van der Waals surface area contributed by atoms with Gasteiger partial charge < -0.3 is 4.74 Å². The van der Waals surface area contributed by atoms with Gasteiger partial charge in [-0.3, -0.25) is 0 Å². The van der Waals surface area contributed by atoms with Gasteiger partial charge in [0.1, 0.15) is 6.10 Å². The van der Waals surface area contributed by atoms with Crippen molar-refractivity contribution in [3.8, 4) is 0 Å². The van der Waals surface area contributed by atoms with Crippen LogP contribution in [0.25, 0.3) is 5.57 Å². The molecule has 1 aromatic rings. The van der Waals surface area contributed by atoms with Gasteiger partial charge in [-0.05, 0) is 25.3 Å². The zero-order valence-electron chi connectivity index (χ0n) is 12.5. The smallest absolute Gasteiger partial charge is 0.331 e. The highest BCUT2D eigenvalue weighted by Gasteiger charge is 2.26. The lowest BCUT2D eigenvalue weighted by Crippen LogP contribution is -2.11. The molecule has 0 fully saturated rings. The second-order valence-corrected chi connectivity index (χ2v) is 5.59. The fraction of sp³-hybridized carbons (Fsp3) is 0.500. The Morgan fingerprint density at radius 2 is 1.75 bits per heavy atom. The Balaban J connectivity index is 1.94. The average Bonchev–Trinajstić information content (AvgIpc) is 2.80. The highest BCUT2D eigenvalue weighted by atomic mass is 16.5. The van der Waals surface area contributed by atoms with Crippen LogP contribution in [0.4, 0.5) is 0 Å². The van der Waals surface area contributed by atoms with Gasteiger partial charge in [-0.2, -0.15) is 0 Å². The van der Waals surface area contributed by atoms with E-state index in [1.807, 2.05) is 0 Å². The van der Waals surface area contributed by atoms with Gasteiger partial charge >= 0.3 is 5.97 Å². The maximum absolute atomic E-state index is 11.5. The number of rotatable bonds is 7. The van der Waals surface area contributed by atoms with Gasteiger partial charge in [0.2, 0.25) is 0 Å². The average molecular weight is 272 g/mol. The van der Waals surface area contributed by atoms with Crippen LogP contribution in [0.2, 0.25) is 0 Å². The quantitative estimate of drug-likeness (QED) is 0.533. The molecule has 2 nitrogen and oxygen atoms in total. The minimum atomic E-state index is -0.195. The zero-order valence-corrected chi connectivity index (χ0v) is 12.5. The van der Waals surface area contributed by atoms with E-state index in [1.165, 1.54) is 31.2 Å². The Labute approximate surface area is 121 Å². The summed E-state index contributed by atoms with van der Waals surface area (Å²) < 4.78 is 5.43. The monoisotopic (exact) mass is 272 g/mol. The van der Waals surface area contributed by atoms with Gasteiger partial charge in [0.05, 0.1) is 0 Å². The molecule has 0 aliphatic carbocycles. The lowest BCUT2D eigenvalue weighted by Gasteiger charge is -2.14. The zero-order chi connectivity index (χ0) is 14.4. The number of unbranched alkanes of at least 4 members (excludes halogenated alkanes) is 4. The Bertz CT molecular complexity index is 471. The number of cyclic esters (lactones) is 1. The Morgan fingerprint density at radius 3 is 2.45 bits per heavy atom. The second-order valence-electron chi connectivity index (χ2n) is 5.59. The van der Waals surface area contributed by atoms with E-state index in [2.05, 4.69) is 38.1 Å². The van der Waals surface area contributed by atoms with Crippen LogP contribution in [-0.4, -0.2) is 12.1 Å². The van der Waals surface area contributed by atoms with E-state index in [0.717, 1.165) is 24.0 Å². The Kier molecular flexibility index (Phi) is 5.40. The normalized spacial score (nSPS) is 18.0. The third kappa shape index (κ3) is 3.96. The van der Waals surface area contributed by atoms with Crippen molar-refractivity contribution in [3.05, 3.63) is 41.5 Å². The topological polar surface area (TPSA) is 26.3 Å². The highest BCUT2D eigenvalue weighted by molar-refractivity contribution is 5.97. The maximum atomic E-state index is 11.5. The van der Waals surface area contributed by atoms with E-state index in [4.69, 9.17) is 4.74 Å². The number of aryl methyl sites for hydroxylation is 1. The number of esters is 1. The van der Waals surface area contributed by atoms with E-state index in [1.54, 1.807) is 6.08 Å². The van der Waals surface area contributed by atoms with Crippen molar-refractivity contribution in [1.82, 2.24) is 0 Å². The van der Waals surface area contributed by atoms with Gasteiger partial charge in [0.25, 0.3) is 0 Å². The van der Waals surface area contributed by atoms with E-state index in [0.29, 0.717) is 0 Å². The lowest BCUT2D eigenvalue weighted by atomic mass is 9.96. The summed E-state index contributed by atoms with van der Waals surface area (Å²) in [4.78, 5) is 11.5. The molecule has 108 valence electrons. The van der Waals surface area contributed by atoms with Crippen LogP contribution in [0.15, 0.2) is 30.3 Å². The number of benzene rings is 1. The Morgan fingerprint density at radius 1 is 1.05 bits per heavy atom. The first kappa shape index (κ1) is 14.8. The summed E-state index contributed by atoms with van der Waals surface area (Å²) in [5, 5.41) is 0. The summed E-state index contributed by atoms with van der Waals surface area (Å²) in [5.74, 6) is -0.195. The molecule has 20 heavy (non-hydrogen) atoms. The highest BCUT2D eigenvalue weighted by Crippen LogP contribution is 2.29. The van der Waals surface area contributed by atoms with E-state index >= 15 is 0 Å². The van der Waals surface area contributed by atoms with Crippen LogP contribution in [0.1, 0.15) is 56.6 Å². The minimum absolute atomic E-state index is 0.0492. The third-order valence-corrected chi connectivity index (χ3v) is 3.83. The van der Waals surface area contributed by atoms with Crippen molar-refractivity contribution in [3.63, 3.8) is 0 Å². The molecule has 0 saturated carbocycles. The summed E-state index contributed by atoms with van der Waals surface area (Å²) in [6.07, 6.45) is 8.73. The number of carbonyl (C=O) groups excluding carboxylic acids is 1. The first-order valence-electron chi connectivity index (χ1n) is 7.70. The largest absolute Gasteiger partial charge is 0.454 e. The van der Waals surface area contributed by atoms with Gasteiger partial charge in [0.15, 0.2) is 0 Å². The second kappa shape index (κ2) is 7.28. The number of carbonyl (C=O) groups is 1. The number of hydrogen-bond acceptors (Lipinski definition) is 2. The molecule has 1 atom stereocenters. The standard InChI is InChI=1S/C18H24O2/c1-3-4-5-6-7-8-17-16(13-18(19)20-17)15-11-9-14(2)10-12-15/h9-13,17H,3-8H2,1-2H3. The summed E-state index contributed by atoms with van der Waals surface area (Å²) in [6, 6.07) is 8.31. The molecular weight excluding hydrogens is 248 g/mol. The van der Waals surface area contributed by atoms with Crippen LogP contribution < -0.4 is 0 Å².